The summed E-state index contributed by atoms with van der Waals surface area (Å²) < 4.78 is 0. The van der Waals surface area contributed by atoms with Crippen LogP contribution in [0.5, 0.6) is 0 Å². The van der Waals surface area contributed by atoms with Gasteiger partial charge in [0.1, 0.15) is 0 Å². The minimum atomic E-state index is 0.270. The van der Waals surface area contributed by atoms with E-state index < -0.39 is 0 Å². The summed E-state index contributed by atoms with van der Waals surface area (Å²) in [6.07, 6.45) is 0.872. The van der Waals surface area contributed by atoms with Crippen molar-refractivity contribution in [3.8, 4) is 0 Å². The zero-order chi connectivity index (χ0) is 7.98. The average Bonchev–Trinajstić information content (AvgIpc) is 1.85. The lowest BCUT2D eigenvalue weighted by Crippen LogP contribution is -2.19. The van der Waals surface area contributed by atoms with Gasteiger partial charge in [0.05, 0.1) is 0 Å². The van der Waals surface area contributed by atoms with Gasteiger partial charge < -0.3 is 10.8 Å². The Morgan fingerprint density at radius 3 is 2.50 bits per heavy atom. The van der Waals surface area contributed by atoms with Crippen LogP contribution in [0.3, 0.4) is 0 Å². The minimum absolute atomic E-state index is 0.270. The molecule has 0 heterocycles. The molecule has 3 N–H and O–H groups in total. The Labute approximate surface area is 67.2 Å². The van der Waals surface area contributed by atoms with Crippen molar-refractivity contribution in [1.82, 2.24) is 0 Å². The maximum atomic E-state index is 8.56. The van der Waals surface area contributed by atoms with Gasteiger partial charge in [-0.05, 0) is 13.3 Å². The average molecular weight is 163 g/mol. The minimum Gasteiger partial charge on any atom is -0.396 e. The molecule has 0 saturated carbocycles. The van der Waals surface area contributed by atoms with Crippen molar-refractivity contribution in [2.45, 2.75) is 31.6 Å². The molecule has 1 unspecified atom stereocenters. The first-order valence-corrected chi connectivity index (χ1v) is 4.69. The van der Waals surface area contributed by atoms with Crippen LogP contribution in [0.1, 0.15) is 20.3 Å². The molecule has 2 nitrogen and oxygen atoms in total. The fourth-order valence-electron chi connectivity index (χ4n) is 0.581. The first-order valence-electron chi connectivity index (χ1n) is 3.65. The van der Waals surface area contributed by atoms with E-state index in [4.69, 9.17) is 10.8 Å². The third-order valence-electron chi connectivity index (χ3n) is 1.18. The van der Waals surface area contributed by atoms with Gasteiger partial charge in [-0.2, -0.15) is 11.8 Å². The van der Waals surface area contributed by atoms with Crippen LogP contribution in [0.25, 0.3) is 0 Å². The smallest absolute Gasteiger partial charge is 0.0441 e. The van der Waals surface area contributed by atoms with E-state index in [0.717, 1.165) is 12.2 Å². The molecule has 3 heteroatoms. The van der Waals surface area contributed by atoms with Gasteiger partial charge in [0.2, 0.25) is 0 Å². The molecule has 0 aromatic rings. The summed E-state index contributed by atoms with van der Waals surface area (Å²) in [5.41, 5.74) is 5.55. The highest BCUT2D eigenvalue weighted by Crippen LogP contribution is 2.13. The summed E-state index contributed by atoms with van der Waals surface area (Å²) in [6, 6.07) is 0.270. The lowest BCUT2D eigenvalue weighted by Gasteiger charge is -2.10. The summed E-state index contributed by atoms with van der Waals surface area (Å²) in [5, 5.41) is 9.10. The van der Waals surface area contributed by atoms with Gasteiger partial charge >= 0.3 is 0 Å². The van der Waals surface area contributed by atoms with Crippen LogP contribution in [-0.4, -0.2) is 28.8 Å². The first kappa shape index (κ1) is 10.3. The summed E-state index contributed by atoms with van der Waals surface area (Å²) >= 11 is 1.82. The van der Waals surface area contributed by atoms with Crippen molar-refractivity contribution in [2.24, 2.45) is 5.73 Å². The van der Waals surface area contributed by atoms with Crippen molar-refractivity contribution < 1.29 is 5.11 Å². The number of aliphatic hydroxyl groups excluding tert-OH is 1. The molecule has 0 aromatic heterocycles. The Morgan fingerprint density at radius 2 is 2.10 bits per heavy atom. The molecular weight excluding hydrogens is 146 g/mol. The van der Waals surface area contributed by atoms with Crippen LogP contribution < -0.4 is 5.73 Å². The van der Waals surface area contributed by atoms with Crippen molar-refractivity contribution >= 4 is 11.8 Å². The van der Waals surface area contributed by atoms with Crippen LogP contribution in [0.4, 0.5) is 0 Å². The van der Waals surface area contributed by atoms with E-state index in [9.17, 15) is 0 Å². The molecule has 0 aromatic carbocycles. The molecule has 0 aliphatic heterocycles. The SMILES string of the molecule is CC(CCO)SC[C@H](C)N. The highest BCUT2D eigenvalue weighted by molar-refractivity contribution is 7.99. The monoisotopic (exact) mass is 163 g/mol. The predicted molar refractivity (Wildman–Crippen MR) is 47.3 cm³/mol. The molecule has 0 bridgehead atoms. The highest BCUT2D eigenvalue weighted by atomic mass is 32.2. The maximum Gasteiger partial charge on any atom is 0.0441 e. The van der Waals surface area contributed by atoms with E-state index >= 15 is 0 Å². The third-order valence-corrected chi connectivity index (χ3v) is 2.70. The molecule has 0 aliphatic carbocycles. The summed E-state index contributed by atoms with van der Waals surface area (Å²) in [7, 11) is 0. The predicted octanol–water partition coefficient (Wildman–Crippen LogP) is 0.838. The molecule has 0 aliphatic rings. The van der Waals surface area contributed by atoms with Gasteiger partial charge in [-0.1, -0.05) is 6.92 Å². The number of hydrogen-bond acceptors (Lipinski definition) is 3. The zero-order valence-electron chi connectivity index (χ0n) is 6.71. The zero-order valence-corrected chi connectivity index (χ0v) is 7.53. The molecule has 0 amide bonds. The molecule has 0 spiro atoms. The van der Waals surface area contributed by atoms with Crippen LogP contribution >= 0.6 is 11.8 Å². The van der Waals surface area contributed by atoms with Crippen molar-refractivity contribution in [1.29, 1.82) is 0 Å². The molecule has 62 valence electrons. The number of hydrogen-bond donors (Lipinski definition) is 2. The van der Waals surface area contributed by atoms with Crippen molar-refractivity contribution in [3.05, 3.63) is 0 Å². The van der Waals surface area contributed by atoms with Gasteiger partial charge in [0, 0.05) is 23.7 Å². The summed E-state index contributed by atoms with van der Waals surface area (Å²) in [5.74, 6) is 0.987. The van der Waals surface area contributed by atoms with Crippen LogP contribution in [0, 0.1) is 0 Å². The Balaban J connectivity index is 3.12. The van der Waals surface area contributed by atoms with Crippen molar-refractivity contribution in [3.63, 3.8) is 0 Å². The van der Waals surface area contributed by atoms with Gasteiger partial charge in [-0.3, -0.25) is 0 Å². The van der Waals surface area contributed by atoms with E-state index in [-0.39, 0.29) is 12.6 Å². The Bertz CT molecular complexity index is 78.0. The Morgan fingerprint density at radius 1 is 1.50 bits per heavy atom. The van der Waals surface area contributed by atoms with Gasteiger partial charge in [0.25, 0.3) is 0 Å². The quantitative estimate of drug-likeness (QED) is 0.631. The van der Waals surface area contributed by atoms with Gasteiger partial charge in [-0.25, -0.2) is 0 Å². The summed E-state index contributed by atoms with van der Waals surface area (Å²) in [6.45, 7) is 4.40. The third kappa shape index (κ3) is 6.39. The molecule has 0 rings (SSSR count). The van der Waals surface area contributed by atoms with Gasteiger partial charge in [-0.15, -0.1) is 0 Å². The second kappa shape index (κ2) is 6.01. The van der Waals surface area contributed by atoms with E-state index in [0.29, 0.717) is 5.25 Å². The fraction of sp³-hybridized carbons (Fsp3) is 1.00. The van der Waals surface area contributed by atoms with Crippen LogP contribution in [0.2, 0.25) is 0 Å². The number of rotatable bonds is 5. The van der Waals surface area contributed by atoms with E-state index in [1.54, 1.807) is 0 Å². The lowest BCUT2D eigenvalue weighted by atomic mass is 10.3. The molecule has 0 fully saturated rings. The molecule has 0 radical (unpaired) electrons. The van der Waals surface area contributed by atoms with Crippen molar-refractivity contribution in [2.75, 3.05) is 12.4 Å². The second-order valence-corrected chi connectivity index (χ2v) is 4.10. The molecular formula is C7H17NOS. The normalized spacial score (nSPS) is 16.8. The Hall–Kier alpha value is 0.270. The maximum absolute atomic E-state index is 8.56. The lowest BCUT2D eigenvalue weighted by molar-refractivity contribution is 0.289. The number of aliphatic hydroxyl groups is 1. The van der Waals surface area contributed by atoms with Crippen LogP contribution in [-0.2, 0) is 0 Å². The Kier molecular flexibility index (Phi) is 6.17. The fourth-order valence-corrected chi connectivity index (χ4v) is 1.49. The highest BCUT2D eigenvalue weighted by Gasteiger charge is 2.02. The second-order valence-electron chi connectivity index (χ2n) is 2.63. The van der Waals surface area contributed by atoms with Crippen LogP contribution in [0.15, 0.2) is 0 Å². The van der Waals surface area contributed by atoms with E-state index in [1.165, 1.54) is 0 Å². The van der Waals surface area contributed by atoms with E-state index in [1.807, 2.05) is 18.7 Å². The van der Waals surface area contributed by atoms with E-state index in [2.05, 4.69) is 6.92 Å². The first-order chi connectivity index (χ1) is 4.66. The molecule has 2 atom stereocenters. The number of nitrogens with two attached hydrogens (primary N) is 1. The summed E-state index contributed by atoms with van der Waals surface area (Å²) in [4.78, 5) is 0. The topological polar surface area (TPSA) is 46.2 Å². The number of thioether (sulfide) groups is 1. The molecule has 10 heavy (non-hydrogen) atoms. The molecule has 0 saturated heterocycles. The largest absolute Gasteiger partial charge is 0.396 e. The standard InChI is InChI=1S/C7H17NOS/c1-6(8)5-10-7(2)3-4-9/h6-7,9H,3-5,8H2,1-2H3/t6-,7?/m0/s1. The van der Waals surface area contributed by atoms with Gasteiger partial charge in [0.15, 0.2) is 0 Å².